The summed E-state index contributed by atoms with van der Waals surface area (Å²) in [6, 6.07) is 11.2. The molecule has 1 N–H and O–H groups in total. The van der Waals surface area contributed by atoms with Gasteiger partial charge in [-0.15, -0.1) is 0 Å². The zero-order valence-corrected chi connectivity index (χ0v) is 19.9. The Labute approximate surface area is 192 Å². The number of H-pyrrole nitrogens is 1. The SMILES string of the molecule is CCC(=O)Oc1ccc2[nH]cc(/C(C#N)=C/c3cccnc3)c2c1.CCCC.CCCC. The molecule has 0 saturated heterocycles. The molecule has 5 nitrogen and oxygen atoms in total. The molecule has 2 aromatic heterocycles. The van der Waals surface area contributed by atoms with Crippen LogP contribution in [0.3, 0.4) is 0 Å². The molecular weight excluding hydrogens is 398 g/mol. The number of unbranched alkanes of at least 4 members (excludes halogenated alkanes) is 2. The molecule has 0 aliphatic rings. The maximum Gasteiger partial charge on any atom is 0.310 e. The summed E-state index contributed by atoms with van der Waals surface area (Å²) < 4.78 is 5.26. The number of rotatable bonds is 6. The van der Waals surface area contributed by atoms with Gasteiger partial charge in [-0.3, -0.25) is 9.78 Å². The highest BCUT2D eigenvalue weighted by molar-refractivity contribution is 6.01. The molecule has 0 radical (unpaired) electrons. The molecule has 0 amide bonds. The molecule has 0 spiro atoms. The van der Waals surface area contributed by atoms with Crippen molar-refractivity contribution in [2.75, 3.05) is 0 Å². The van der Waals surface area contributed by atoms with E-state index in [4.69, 9.17) is 4.74 Å². The average Bonchev–Trinajstić information content (AvgIpc) is 3.26. The number of allylic oxidation sites excluding steroid dienone is 1. The maximum atomic E-state index is 11.5. The zero-order chi connectivity index (χ0) is 23.8. The maximum absolute atomic E-state index is 11.5. The number of fused-ring (bicyclic) bond motifs is 1. The van der Waals surface area contributed by atoms with Gasteiger partial charge in [0.25, 0.3) is 0 Å². The topological polar surface area (TPSA) is 78.8 Å². The lowest BCUT2D eigenvalue weighted by molar-refractivity contribution is -0.134. The third kappa shape index (κ3) is 8.77. The highest BCUT2D eigenvalue weighted by atomic mass is 16.5. The van der Waals surface area contributed by atoms with Crippen LogP contribution in [0.25, 0.3) is 22.6 Å². The second-order valence-electron chi connectivity index (χ2n) is 7.19. The Balaban J connectivity index is 0.000000554. The number of carbonyl (C=O) groups excluding carboxylic acids is 1. The van der Waals surface area contributed by atoms with Crippen LogP contribution in [0.15, 0.2) is 48.9 Å². The van der Waals surface area contributed by atoms with Crippen LogP contribution in [-0.2, 0) is 4.79 Å². The van der Waals surface area contributed by atoms with Crippen molar-refractivity contribution >= 4 is 28.5 Å². The van der Waals surface area contributed by atoms with E-state index in [0.29, 0.717) is 17.7 Å². The van der Waals surface area contributed by atoms with E-state index in [-0.39, 0.29) is 5.97 Å². The third-order valence-corrected chi connectivity index (χ3v) is 4.58. The molecule has 0 fully saturated rings. The molecule has 0 aliphatic carbocycles. The molecule has 0 saturated carbocycles. The van der Waals surface area contributed by atoms with E-state index < -0.39 is 0 Å². The summed E-state index contributed by atoms with van der Waals surface area (Å²) in [4.78, 5) is 18.7. The minimum absolute atomic E-state index is 0.294. The lowest BCUT2D eigenvalue weighted by atomic mass is 10.0. The van der Waals surface area contributed by atoms with Crippen LogP contribution in [-0.4, -0.2) is 15.9 Å². The van der Waals surface area contributed by atoms with E-state index in [2.05, 4.69) is 43.7 Å². The van der Waals surface area contributed by atoms with Crippen LogP contribution >= 0.6 is 0 Å². The van der Waals surface area contributed by atoms with Crippen LogP contribution < -0.4 is 4.74 Å². The lowest BCUT2D eigenvalue weighted by Crippen LogP contribution is -2.05. The standard InChI is InChI=1S/C19H15N3O2.2C4H10/c1-2-19(23)24-15-5-6-18-16(9-15)17(12-22-18)14(10-20)8-13-4-3-7-21-11-13;2*1-3-4-2/h3-9,11-12,22H,2H2,1H3;2*3-4H2,1-2H3/b14-8+;;. The van der Waals surface area contributed by atoms with Crippen molar-refractivity contribution in [3.63, 3.8) is 0 Å². The first-order valence-electron chi connectivity index (χ1n) is 11.4. The average molecular weight is 434 g/mol. The third-order valence-electron chi connectivity index (χ3n) is 4.58. The number of hydrogen-bond donors (Lipinski definition) is 1. The van der Waals surface area contributed by atoms with Crippen molar-refractivity contribution in [2.45, 2.75) is 66.7 Å². The van der Waals surface area contributed by atoms with Crippen LogP contribution in [0.2, 0.25) is 0 Å². The van der Waals surface area contributed by atoms with Crippen LogP contribution in [0.4, 0.5) is 0 Å². The second kappa shape index (κ2) is 15.4. The fourth-order valence-electron chi connectivity index (χ4n) is 2.39. The van der Waals surface area contributed by atoms with Gasteiger partial charge in [-0.05, 0) is 35.9 Å². The molecule has 3 aromatic rings. The van der Waals surface area contributed by atoms with Crippen molar-refractivity contribution in [3.8, 4) is 11.8 Å². The van der Waals surface area contributed by atoms with E-state index in [1.165, 1.54) is 25.7 Å². The van der Waals surface area contributed by atoms with Crippen LogP contribution in [0.1, 0.15) is 77.8 Å². The molecule has 1 aromatic carbocycles. The van der Waals surface area contributed by atoms with Gasteiger partial charge in [0.05, 0.1) is 11.6 Å². The Morgan fingerprint density at radius 2 is 1.78 bits per heavy atom. The van der Waals surface area contributed by atoms with E-state index in [0.717, 1.165) is 22.0 Å². The van der Waals surface area contributed by atoms with Crippen molar-refractivity contribution in [2.24, 2.45) is 0 Å². The molecule has 0 unspecified atom stereocenters. The monoisotopic (exact) mass is 433 g/mol. The molecular formula is C27H35N3O2. The normalized spacial score (nSPS) is 10.3. The molecule has 0 bridgehead atoms. The van der Waals surface area contributed by atoms with Crippen molar-refractivity contribution in [1.82, 2.24) is 9.97 Å². The van der Waals surface area contributed by atoms with Gasteiger partial charge in [0.1, 0.15) is 5.75 Å². The summed E-state index contributed by atoms with van der Waals surface area (Å²) >= 11 is 0. The van der Waals surface area contributed by atoms with Gasteiger partial charge in [-0.25, -0.2) is 0 Å². The summed E-state index contributed by atoms with van der Waals surface area (Å²) in [5, 5.41) is 10.4. The molecule has 5 heteroatoms. The molecule has 170 valence electrons. The van der Waals surface area contributed by atoms with Gasteiger partial charge < -0.3 is 9.72 Å². The summed E-state index contributed by atoms with van der Waals surface area (Å²) in [6.45, 7) is 10.5. The van der Waals surface area contributed by atoms with Crippen molar-refractivity contribution in [3.05, 3.63) is 60.0 Å². The number of aromatic amines is 1. The summed E-state index contributed by atoms with van der Waals surface area (Å²) in [5.41, 5.74) is 2.98. The Morgan fingerprint density at radius 1 is 1.09 bits per heavy atom. The minimum Gasteiger partial charge on any atom is -0.427 e. The number of esters is 1. The Morgan fingerprint density at radius 3 is 2.31 bits per heavy atom. The van der Waals surface area contributed by atoms with Gasteiger partial charge in [-0.1, -0.05) is 66.4 Å². The number of nitrogens with one attached hydrogen (secondary N) is 1. The minimum atomic E-state index is -0.294. The van der Waals surface area contributed by atoms with Gasteiger partial charge in [0, 0.05) is 41.5 Å². The van der Waals surface area contributed by atoms with Gasteiger partial charge >= 0.3 is 5.97 Å². The van der Waals surface area contributed by atoms with Gasteiger partial charge in [0.15, 0.2) is 0 Å². The zero-order valence-electron chi connectivity index (χ0n) is 19.9. The Bertz CT molecular complexity index is 1010. The largest absolute Gasteiger partial charge is 0.427 e. The highest BCUT2D eigenvalue weighted by Gasteiger charge is 2.11. The molecule has 3 rings (SSSR count). The lowest BCUT2D eigenvalue weighted by Gasteiger charge is -2.04. The molecule has 2 heterocycles. The first kappa shape index (κ1) is 26.6. The molecule has 32 heavy (non-hydrogen) atoms. The number of ether oxygens (including phenoxy) is 1. The van der Waals surface area contributed by atoms with Crippen LogP contribution in [0.5, 0.6) is 5.75 Å². The number of nitrogens with zero attached hydrogens (tertiary/aromatic N) is 2. The quantitative estimate of drug-likeness (QED) is 0.247. The van der Waals surface area contributed by atoms with Crippen LogP contribution in [0, 0.1) is 11.3 Å². The van der Waals surface area contributed by atoms with Crippen molar-refractivity contribution in [1.29, 1.82) is 5.26 Å². The fourth-order valence-corrected chi connectivity index (χ4v) is 2.39. The summed E-state index contributed by atoms with van der Waals surface area (Å²) in [6.07, 6.45) is 12.5. The first-order valence-corrected chi connectivity index (χ1v) is 11.4. The number of hydrogen-bond acceptors (Lipinski definition) is 4. The molecule has 0 aliphatic heterocycles. The Kier molecular flexibility index (Phi) is 12.8. The predicted molar refractivity (Wildman–Crippen MR) is 133 cm³/mol. The van der Waals surface area contributed by atoms with Gasteiger partial charge in [-0.2, -0.15) is 5.26 Å². The predicted octanol–water partition coefficient (Wildman–Crippen LogP) is 7.56. The van der Waals surface area contributed by atoms with E-state index in [9.17, 15) is 10.1 Å². The number of carbonyl (C=O) groups is 1. The highest BCUT2D eigenvalue weighted by Crippen LogP contribution is 2.29. The van der Waals surface area contributed by atoms with Gasteiger partial charge in [0.2, 0.25) is 0 Å². The smallest absolute Gasteiger partial charge is 0.310 e. The number of pyridine rings is 1. The molecule has 0 atom stereocenters. The summed E-state index contributed by atoms with van der Waals surface area (Å²) in [5.74, 6) is 0.173. The van der Waals surface area contributed by atoms with E-state index in [1.807, 2.05) is 18.2 Å². The summed E-state index contributed by atoms with van der Waals surface area (Å²) in [7, 11) is 0. The fraction of sp³-hybridized carbons (Fsp3) is 0.370. The van der Waals surface area contributed by atoms with Crippen molar-refractivity contribution < 1.29 is 9.53 Å². The van der Waals surface area contributed by atoms with E-state index >= 15 is 0 Å². The number of benzene rings is 1. The first-order chi connectivity index (χ1) is 15.5. The Hall–Kier alpha value is -3.39. The second-order valence-corrected chi connectivity index (χ2v) is 7.19. The number of aromatic nitrogens is 2. The van der Waals surface area contributed by atoms with E-state index in [1.54, 1.807) is 43.7 Å². The number of nitriles is 1.